The Morgan fingerprint density at radius 1 is 1.38 bits per heavy atom. The smallest absolute Gasteiger partial charge is 0.285 e. The van der Waals surface area contributed by atoms with Crippen molar-refractivity contribution in [1.29, 1.82) is 0 Å². The maximum absolute atomic E-state index is 12.9. The van der Waals surface area contributed by atoms with Gasteiger partial charge in [0.05, 0.1) is 16.8 Å². The molecule has 0 saturated carbocycles. The molecule has 9 heteroatoms. The molecule has 0 bridgehead atoms. The number of aromatic nitrogens is 1. The quantitative estimate of drug-likeness (QED) is 0.589. The second kappa shape index (κ2) is 7.51. The summed E-state index contributed by atoms with van der Waals surface area (Å²) in [5, 5.41) is 11.8. The van der Waals surface area contributed by atoms with Gasteiger partial charge in [-0.2, -0.15) is 0 Å². The van der Waals surface area contributed by atoms with Crippen molar-refractivity contribution in [3.05, 3.63) is 62.0 Å². The van der Waals surface area contributed by atoms with Gasteiger partial charge in [0.2, 0.25) is 5.91 Å². The van der Waals surface area contributed by atoms with E-state index in [9.17, 15) is 19.7 Å². The first-order valence-corrected chi connectivity index (χ1v) is 9.22. The highest BCUT2D eigenvalue weighted by Crippen LogP contribution is 2.39. The zero-order valence-electron chi connectivity index (χ0n) is 13.9. The lowest BCUT2D eigenvalue weighted by molar-refractivity contribution is -0.385. The molecule has 3 rings (SSSR count). The third-order valence-corrected chi connectivity index (χ3v) is 5.56. The molecule has 136 valence electrons. The average molecular weight is 394 g/mol. The van der Waals surface area contributed by atoms with Crippen molar-refractivity contribution in [2.45, 2.75) is 30.0 Å². The Bertz CT molecular complexity index is 930. The zero-order chi connectivity index (χ0) is 18.8. The first-order chi connectivity index (χ1) is 12.3. The Morgan fingerprint density at radius 3 is 2.88 bits per heavy atom. The van der Waals surface area contributed by atoms with Crippen molar-refractivity contribution in [3.63, 3.8) is 0 Å². The molecule has 2 heterocycles. The van der Waals surface area contributed by atoms with E-state index < -0.39 is 10.5 Å². The third-order valence-electron chi connectivity index (χ3n) is 4.08. The number of rotatable bonds is 3. The van der Waals surface area contributed by atoms with Crippen LogP contribution in [0.2, 0.25) is 5.02 Å². The summed E-state index contributed by atoms with van der Waals surface area (Å²) >= 11 is 7.77. The molecule has 0 fully saturated rings. The maximum atomic E-state index is 12.9. The Kier molecular flexibility index (Phi) is 5.33. The van der Waals surface area contributed by atoms with Crippen LogP contribution < -0.4 is 10.5 Å². The van der Waals surface area contributed by atoms with E-state index in [2.05, 4.69) is 6.92 Å². The van der Waals surface area contributed by atoms with Crippen molar-refractivity contribution in [1.82, 2.24) is 4.57 Å². The standard InChI is InChI=1S/C17H16ClN3O4S/c1-11-6-7-20(14-8-12(18)2-4-15(14)26-11)17(23)10-19-9-13(21(24)25)3-5-16(19)22/h2-5,8-9,11H,6-7,10H2,1H3. The summed E-state index contributed by atoms with van der Waals surface area (Å²) in [6.07, 6.45) is 1.88. The van der Waals surface area contributed by atoms with Crippen LogP contribution in [-0.2, 0) is 11.3 Å². The molecule has 1 aliphatic rings. The van der Waals surface area contributed by atoms with Crippen LogP contribution in [0, 0.1) is 10.1 Å². The molecule has 0 aliphatic carbocycles. The number of benzene rings is 1. The lowest BCUT2D eigenvalue weighted by atomic mass is 10.2. The largest absolute Gasteiger partial charge is 0.310 e. The normalized spacial score (nSPS) is 16.7. The molecule has 1 aromatic carbocycles. The number of carbonyl (C=O) groups excluding carboxylic acids is 1. The van der Waals surface area contributed by atoms with Crippen LogP contribution in [0.15, 0.2) is 46.2 Å². The molecule has 2 aromatic rings. The van der Waals surface area contributed by atoms with Gasteiger partial charge >= 0.3 is 0 Å². The van der Waals surface area contributed by atoms with Gasteiger partial charge in [0.1, 0.15) is 6.54 Å². The summed E-state index contributed by atoms with van der Waals surface area (Å²) in [4.78, 5) is 37.7. The predicted molar refractivity (Wildman–Crippen MR) is 101 cm³/mol. The van der Waals surface area contributed by atoms with Crippen molar-refractivity contribution >= 4 is 40.6 Å². The number of pyridine rings is 1. The highest BCUT2D eigenvalue weighted by Gasteiger charge is 2.25. The Labute approximate surface area is 158 Å². The summed E-state index contributed by atoms with van der Waals surface area (Å²) < 4.78 is 1.06. The van der Waals surface area contributed by atoms with E-state index in [4.69, 9.17) is 11.6 Å². The monoisotopic (exact) mass is 393 g/mol. The average Bonchev–Trinajstić information content (AvgIpc) is 2.74. The Morgan fingerprint density at radius 2 is 2.15 bits per heavy atom. The van der Waals surface area contributed by atoms with E-state index in [1.54, 1.807) is 28.8 Å². The fraction of sp³-hybridized carbons (Fsp3) is 0.294. The minimum atomic E-state index is -0.597. The van der Waals surface area contributed by atoms with Crippen LogP contribution >= 0.6 is 23.4 Å². The van der Waals surface area contributed by atoms with Crippen molar-refractivity contribution in [2.24, 2.45) is 0 Å². The van der Waals surface area contributed by atoms with E-state index in [0.717, 1.165) is 34.2 Å². The number of nitrogens with zero attached hydrogens (tertiary/aromatic N) is 3. The maximum Gasteiger partial charge on any atom is 0.285 e. The minimum absolute atomic E-state index is 0.235. The molecule has 1 amide bonds. The first-order valence-electron chi connectivity index (χ1n) is 7.96. The number of anilines is 1. The fourth-order valence-electron chi connectivity index (χ4n) is 2.75. The van der Waals surface area contributed by atoms with Gasteiger partial charge in [-0.3, -0.25) is 24.3 Å². The molecule has 7 nitrogen and oxygen atoms in total. The predicted octanol–water partition coefficient (Wildman–Crippen LogP) is 3.33. The van der Waals surface area contributed by atoms with Gasteiger partial charge in [0, 0.05) is 33.8 Å². The number of hydrogen-bond donors (Lipinski definition) is 0. The van der Waals surface area contributed by atoms with Gasteiger partial charge in [0.25, 0.3) is 11.2 Å². The van der Waals surface area contributed by atoms with Crippen LogP contribution in [0.5, 0.6) is 0 Å². The van der Waals surface area contributed by atoms with E-state index in [1.165, 1.54) is 0 Å². The third kappa shape index (κ3) is 3.91. The van der Waals surface area contributed by atoms with E-state index in [1.807, 2.05) is 6.07 Å². The van der Waals surface area contributed by atoms with Crippen molar-refractivity contribution < 1.29 is 9.72 Å². The van der Waals surface area contributed by atoms with Gasteiger partial charge in [-0.15, -0.1) is 11.8 Å². The van der Waals surface area contributed by atoms with E-state index in [-0.39, 0.29) is 18.1 Å². The van der Waals surface area contributed by atoms with Crippen LogP contribution in [0.3, 0.4) is 0 Å². The number of fused-ring (bicyclic) bond motifs is 1. The molecular weight excluding hydrogens is 378 g/mol. The van der Waals surface area contributed by atoms with Crippen LogP contribution in [-0.4, -0.2) is 27.2 Å². The van der Waals surface area contributed by atoms with Crippen LogP contribution in [0.4, 0.5) is 11.4 Å². The molecule has 0 spiro atoms. The molecule has 0 N–H and O–H groups in total. The van der Waals surface area contributed by atoms with E-state index in [0.29, 0.717) is 22.5 Å². The second-order valence-corrected chi connectivity index (χ2v) is 7.90. The van der Waals surface area contributed by atoms with Gasteiger partial charge in [-0.05, 0) is 24.6 Å². The molecule has 26 heavy (non-hydrogen) atoms. The highest BCUT2D eigenvalue weighted by molar-refractivity contribution is 8.00. The van der Waals surface area contributed by atoms with Crippen LogP contribution in [0.1, 0.15) is 13.3 Å². The number of nitro groups is 1. The lowest BCUT2D eigenvalue weighted by Crippen LogP contribution is -2.37. The van der Waals surface area contributed by atoms with E-state index >= 15 is 0 Å². The Hall–Kier alpha value is -2.32. The fourth-order valence-corrected chi connectivity index (χ4v) is 4.01. The zero-order valence-corrected chi connectivity index (χ0v) is 15.5. The molecule has 1 unspecified atom stereocenters. The highest BCUT2D eigenvalue weighted by atomic mass is 35.5. The summed E-state index contributed by atoms with van der Waals surface area (Å²) in [5.74, 6) is -0.314. The Balaban J connectivity index is 1.93. The minimum Gasteiger partial charge on any atom is -0.310 e. The summed E-state index contributed by atoms with van der Waals surface area (Å²) in [5.41, 5.74) is 0.00375. The molecule has 0 saturated heterocycles. The van der Waals surface area contributed by atoms with Gasteiger partial charge in [-0.25, -0.2) is 0 Å². The topological polar surface area (TPSA) is 85.4 Å². The number of thioether (sulfide) groups is 1. The molecule has 0 radical (unpaired) electrons. The summed E-state index contributed by atoms with van der Waals surface area (Å²) in [6, 6.07) is 7.61. The van der Waals surface area contributed by atoms with Gasteiger partial charge in [0.15, 0.2) is 0 Å². The first kappa shape index (κ1) is 18.5. The molecule has 1 aliphatic heterocycles. The van der Waals surface area contributed by atoms with Gasteiger partial charge in [-0.1, -0.05) is 18.5 Å². The molecule has 1 aromatic heterocycles. The SMILES string of the molecule is CC1CCN(C(=O)Cn2cc([N+](=O)[O-])ccc2=O)c2cc(Cl)ccc2S1. The number of amides is 1. The molecular formula is C17H16ClN3O4S. The lowest BCUT2D eigenvalue weighted by Gasteiger charge is -2.23. The number of halogens is 1. The van der Waals surface area contributed by atoms with Crippen LogP contribution in [0.25, 0.3) is 0 Å². The number of hydrogen-bond acceptors (Lipinski definition) is 5. The van der Waals surface area contributed by atoms with Crippen molar-refractivity contribution in [3.8, 4) is 0 Å². The summed E-state index contributed by atoms with van der Waals surface area (Å²) in [6.45, 7) is 2.30. The second-order valence-electron chi connectivity index (χ2n) is 5.99. The summed E-state index contributed by atoms with van der Waals surface area (Å²) in [7, 11) is 0. The number of carbonyl (C=O) groups is 1. The van der Waals surface area contributed by atoms with Crippen molar-refractivity contribution in [2.75, 3.05) is 11.4 Å². The molecule has 1 atom stereocenters. The van der Waals surface area contributed by atoms with Gasteiger partial charge < -0.3 is 4.90 Å².